The van der Waals surface area contributed by atoms with Crippen molar-refractivity contribution >= 4 is 16.9 Å². The van der Waals surface area contributed by atoms with Gasteiger partial charge in [-0.1, -0.05) is 30.3 Å². The SMILES string of the molecule is COC(=O)c1c(-c2ccccc2)[nH]c2ccc(F)cc2c1=O. The Kier molecular flexibility index (Phi) is 3.47. The molecule has 0 saturated carbocycles. The fourth-order valence-electron chi connectivity index (χ4n) is 2.38. The van der Waals surface area contributed by atoms with Gasteiger partial charge in [0.05, 0.1) is 12.8 Å². The van der Waals surface area contributed by atoms with E-state index in [4.69, 9.17) is 4.74 Å². The zero-order valence-electron chi connectivity index (χ0n) is 11.7. The number of carbonyl (C=O) groups excluding carboxylic acids is 1. The molecule has 2 aromatic carbocycles. The largest absolute Gasteiger partial charge is 0.465 e. The highest BCUT2D eigenvalue weighted by atomic mass is 19.1. The van der Waals surface area contributed by atoms with Gasteiger partial charge >= 0.3 is 5.97 Å². The summed E-state index contributed by atoms with van der Waals surface area (Å²) in [7, 11) is 1.20. The molecule has 0 unspecified atom stereocenters. The van der Waals surface area contributed by atoms with Crippen LogP contribution in [0.1, 0.15) is 10.4 Å². The molecule has 22 heavy (non-hydrogen) atoms. The van der Waals surface area contributed by atoms with Crippen molar-refractivity contribution in [3.63, 3.8) is 0 Å². The number of H-pyrrole nitrogens is 1. The van der Waals surface area contributed by atoms with E-state index in [0.717, 1.165) is 6.07 Å². The lowest BCUT2D eigenvalue weighted by atomic mass is 10.0. The molecule has 0 saturated heterocycles. The lowest BCUT2D eigenvalue weighted by Crippen LogP contribution is -2.19. The van der Waals surface area contributed by atoms with Crippen LogP contribution in [0.5, 0.6) is 0 Å². The molecule has 0 aliphatic rings. The summed E-state index contributed by atoms with van der Waals surface area (Å²) in [5.74, 6) is -1.30. The standard InChI is InChI=1S/C17H12FNO3/c1-22-17(21)14-15(10-5-3-2-4-6-10)19-13-8-7-11(18)9-12(13)16(14)20/h2-9H,1H3,(H,19,20). The van der Waals surface area contributed by atoms with Crippen LogP contribution in [0, 0.1) is 5.82 Å². The van der Waals surface area contributed by atoms with E-state index in [9.17, 15) is 14.0 Å². The number of aromatic nitrogens is 1. The van der Waals surface area contributed by atoms with Crippen molar-refractivity contribution < 1.29 is 13.9 Å². The molecule has 110 valence electrons. The molecule has 4 nitrogen and oxygen atoms in total. The Balaban J connectivity index is 2.42. The van der Waals surface area contributed by atoms with Crippen molar-refractivity contribution in [3.05, 3.63) is 70.1 Å². The number of nitrogens with one attached hydrogen (secondary N) is 1. The lowest BCUT2D eigenvalue weighted by molar-refractivity contribution is 0.0600. The van der Waals surface area contributed by atoms with Gasteiger partial charge in [0, 0.05) is 10.9 Å². The topological polar surface area (TPSA) is 59.2 Å². The summed E-state index contributed by atoms with van der Waals surface area (Å²) in [6, 6.07) is 12.8. The summed E-state index contributed by atoms with van der Waals surface area (Å²) < 4.78 is 18.1. The number of pyridine rings is 1. The predicted molar refractivity (Wildman–Crippen MR) is 81.3 cm³/mol. The highest BCUT2D eigenvalue weighted by Gasteiger charge is 2.20. The first-order valence-electron chi connectivity index (χ1n) is 6.61. The molecule has 0 fully saturated rings. The second kappa shape index (κ2) is 5.44. The summed E-state index contributed by atoms with van der Waals surface area (Å²) in [6.45, 7) is 0. The number of aromatic amines is 1. The van der Waals surface area contributed by atoms with Crippen LogP contribution in [0.15, 0.2) is 53.3 Å². The molecule has 0 amide bonds. The van der Waals surface area contributed by atoms with Crippen molar-refractivity contribution in [2.45, 2.75) is 0 Å². The minimum Gasteiger partial charge on any atom is -0.465 e. The van der Waals surface area contributed by atoms with Crippen LogP contribution in [0.3, 0.4) is 0 Å². The van der Waals surface area contributed by atoms with Crippen LogP contribution in [0.25, 0.3) is 22.2 Å². The van der Waals surface area contributed by atoms with Gasteiger partial charge in [0.1, 0.15) is 11.4 Å². The van der Waals surface area contributed by atoms with E-state index >= 15 is 0 Å². The van der Waals surface area contributed by atoms with Gasteiger partial charge in [-0.25, -0.2) is 9.18 Å². The van der Waals surface area contributed by atoms with E-state index in [0.29, 0.717) is 16.8 Å². The van der Waals surface area contributed by atoms with E-state index in [1.165, 1.54) is 19.2 Å². The Morgan fingerprint density at radius 2 is 1.86 bits per heavy atom. The normalized spacial score (nSPS) is 10.6. The van der Waals surface area contributed by atoms with Gasteiger partial charge in [-0.05, 0) is 23.8 Å². The molecule has 0 aliphatic heterocycles. The van der Waals surface area contributed by atoms with E-state index in [2.05, 4.69) is 4.98 Å². The minimum absolute atomic E-state index is 0.111. The van der Waals surface area contributed by atoms with Crippen molar-refractivity contribution in [2.24, 2.45) is 0 Å². The van der Waals surface area contributed by atoms with E-state index in [1.54, 1.807) is 24.3 Å². The van der Waals surface area contributed by atoms with Crippen molar-refractivity contribution in [2.75, 3.05) is 7.11 Å². The summed E-state index contributed by atoms with van der Waals surface area (Å²) in [5, 5.41) is 0.111. The van der Waals surface area contributed by atoms with Crippen LogP contribution in [0.2, 0.25) is 0 Å². The van der Waals surface area contributed by atoms with Crippen LogP contribution in [0.4, 0.5) is 4.39 Å². The average Bonchev–Trinajstić information content (AvgIpc) is 2.55. The summed E-state index contributed by atoms with van der Waals surface area (Å²) in [6.07, 6.45) is 0. The van der Waals surface area contributed by atoms with Crippen LogP contribution >= 0.6 is 0 Å². The zero-order valence-corrected chi connectivity index (χ0v) is 11.7. The molecule has 5 heteroatoms. The number of fused-ring (bicyclic) bond motifs is 1. The third-order valence-corrected chi connectivity index (χ3v) is 3.41. The summed E-state index contributed by atoms with van der Waals surface area (Å²) >= 11 is 0. The second-order valence-electron chi connectivity index (χ2n) is 4.75. The van der Waals surface area contributed by atoms with E-state index in [-0.39, 0.29) is 10.9 Å². The Morgan fingerprint density at radius 3 is 2.55 bits per heavy atom. The Bertz CT molecular complexity index is 916. The summed E-state index contributed by atoms with van der Waals surface area (Å²) in [4.78, 5) is 27.6. The number of benzene rings is 2. The van der Waals surface area contributed by atoms with Crippen LogP contribution in [-0.4, -0.2) is 18.1 Å². The second-order valence-corrected chi connectivity index (χ2v) is 4.75. The lowest BCUT2D eigenvalue weighted by Gasteiger charge is -2.10. The number of esters is 1. The molecule has 3 aromatic rings. The molecule has 0 bridgehead atoms. The molecular weight excluding hydrogens is 285 g/mol. The van der Waals surface area contributed by atoms with Crippen molar-refractivity contribution in [3.8, 4) is 11.3 Å². The molecule has 1 N–H and O–H groups in total. The number of rotatable bonds is 2. The van der Waals surface area contributed by atoms with E-state index < -0.39 is 17.2 Å². The van der Waals surface area contributed by atoms with E-state index in [1.807, 2.05) is 6.07 Å². The highest BCUT2D eigenvalue weighted by molar-refractivity contribution is 6.00. The minimum atomic E-state index is -0.758. The monoisotopic (exact) mass is 297 g/mol. The van der Waals surface area contributed by atoms with Gasteiger partial charge in [0.2, 0.25) is 5.43 Å². The maximum atomic E-state index is 13.4. The first-order valence-corrected chi connectivity index (χ1v) is 6.61. The molecule has 0 aliphatic carbocycles. The number of carbonyl (C=O) groups is 1. The fourth-order valence-corrected chi connectivity index (χ4v) is 2.38. The van der Waals surface area contributed by atoms with Gasteiger partial charge in [-0.3, -0.25) is 4.79 Å². The smallest absolute Gasteiger partial charge is 0.344 e. The predicted octanol–water partition coefficient (Wildman–Crippen LogP) is 3.12. The maximum absolute atomic E-state index is 13.4. The number of hydrogen-bond donors (Lipinski definition) is 1. The Morgan fingerprint density at radius 1 is 1.14 bits per heavy atom. The Labute approximate surface area is 125 Å². The first-order chi connectivity index (χ1) is 10.6. The Hall–Kier alpha value is -2.95. The molecule has 0 atom stereocenters. The highest BCUT2D eigenvalue weighted by Crippen LogP contribution is 2.23. The molecule has 3 rings (SSSR count). The van der Waals surface area contributed by atoms with Crippen molar-refractivity contribution in [1.29, 1.82) is 0 Å². The van der Waals surface area contributed by atoms with Gasteiger partial charge in [0.15, 0.2) is 0 Å². The quantitative estimate of drug-likeness (QED) is 0.739. The molecular formula is C17H12FNO3. The molecule has 0 spiro atoms. The molecule has 0 radical (unpaired) electrons. The third kappa shape index (κ3) is 2.26. The average molecular weight is 297 g/mol. The number of hydrogen-bond acceptors (Lipinski definition) is 3. The zero-order chi connectivity index (χ0) is 15.7. The maximum Gasteiger partial charge on any atom is 0.344 e. The third-order valence-electron chi connectivity index (χ3n) is 3.41. The number of halogens is 1. The molecule has 1 heterocycles. The number of ether oxygens (including phenoxy) is 1. The molecule has 1 aromatic heterocycles. The van der Waals surface area contributed by atoms with Crippen LogP contribution < -0.4 is 5.43 Å². The van der Waals surface area contributed by atoms with Crippen molar-refractivity contribution in [1.82, 2.24) is 4.98 Å². The van der Waals surface area contributed by atoms with Crippen LogP contribution in [-0.2, 0) is 4.74 Å². The fraction of sp³-hybridized carbons (Fsp3) is 0.0588. The summed E-state index contributed by atoms with van der Waals surface area (Å²) in [5.41, 5.74) is 0.798. The number of methoxy groups -OCH3 is 1. The first kappa shape index (κ1) is 14.0. The van der Waals surface area contributed by atoms with Gasteiger partial charge in [0.25, 0.3) is 0 Å². The van der Waals surface area contributed by atoms with Gasteiger partial charge in [-0.2, -0.15) is 0 Å². The van der Waals surface area contributed by atoms with Gasteiger partial charge < -0.3 is 9.72 Å². The van der Waals surface area contributed by atoms with Gasteiger partial charge in [-0.15, -0.1) is 0 Å².